The van der Waals surface area contributed by atoms with Gasteiger partial charge in [-0.25, -0.2) is 9.37 Å². The van der Waals surface area contributed by atoms with Crippen molar-refractivity contribution in [3.05, 3.63) is 82.2 Å². The first-order valence-corrected chi connectivity index (χ1v) is 8.26. The predicted molar refractivity (Wildman–Crippen MR) is 101 cm³/mol. The molecule has 148 valence electrons. The van der Waals surface area contributed by atoms with Gasteiger partial charge in [-0.1, -0.05) is 0 Å². The monoisotopic (exact) mass is 398 g/mol. The summed E-state index contributed by atoms with van der Waals surface area (Å²) in [6.45, 7) is 0. The van der Waals surface area contributed by atoms with Crippen molar-refractivity contribution in [1.29, 1.82) is 0 Å². The van der Waals surface area contributed by atoms with Crippen molar-refractivity contribution < 1.29 is 18.9 Å². The highest BCUT2D eigenvalue weighted by molar-refractivity contribution is 5.99. The summed E-state index contributed by atoms with van der Waals surface area (Å²) in [6, 6.07) is 9.27. The first-order chi connectivity index (χ1) is 13.9. The largest absolute Gasteiger partial charge is 0.383 e. The Labute approximate surface area is 163 Å². The molecule has 0 saturated heterocycles. The molecule has 0 atom stereocenters. The number of hydrogen-bond donors (Lipinski definition) is 3. The second-order valence-corrected chi connectivity index (χ2v) is 5.77. The van der Waals surface area contributed by atoms with E-state index in [0.29, 0.717) is 5.69 Å². The molecule has 29 heavy (non-hydrogen) atoms. The summed E-state index contributed by atoms with van der Waals surface area (Å²) < 4.78 is 14.5. The lowest BCUT2D eigenvalue weighted by molar-refractivity contribution is -0.384. The van der Waals surface area contributed by atoms with E-state index in [2.05, 4.69) is 21.2 Å². The maximum Gasteiger partial charge on any atom is 0.293 e. The fourth-order valence-corrected chi connectivity index (χ4v) is 2.56. The maximum absolute atomic E-state index is 13.1. The predicted octanol–water partition coefficient (Wildman–Crippen LogP) is 2.04. The van der Waals surface area contributed by atoms with Crippen molar-refractivity contribution in [2.24, 2.45) is 0 Å². The van der Waals surface area contributed by atoms with Crippen LogP contribution in [-0.4, -0.2) is 33.3 Å². The fourth-order valence-electron chi connectivity index (χ4n) is 2.56. The van der Waals surface area contributed by atoms with Gasteiger partial charge in [-0.2, -0.15) is 0 Å². The van der Waals surface area contributed by atoms with Gasteiger partial charge in [0.25, 0.3) is 17.5 Å². The molecule has 3 N–H and O–H groups in total. The van der Waals surface area contributed by atoms with Crippen LogP contribution in [-0.2, 0) is 0 Å². The van der Waals surface area contributed by atoms with Crippen LogP contribution in [0.15, 0.2) is 55.0 Å². The Balaban J connectivity index is 1.73. The number of nitrogens with one attached hydrogen (secondary N) is 3. The van der Waals surface area contributed by atoms with E-state index in [1.807, 2.05) is 0 Å². The second kappa shape index (κ2) is 8.17. The van der Waals surface area contributed by atoms with Gasteiger partial charge in [0, 0.05) is 24.4 Å². The summed E-state index contributed by atoms with van der Waals surface area (Å²) in [5.41, 5.74) is 4.97. The number of carbonyl (C=O) groups excluding carboxylic acids is 2. The quantitative estimate of drug-likeness (QED) is 0.445. The minimum atomic E-state index is -0.739. The Hall–Kier alpha value is -4.28. The number of nitrogens with zero attached hydrogens (tertiary/aromatic N) is 3. The van der Waals surface area contributed by atoms with E-state index in [4.69, 9.17) is 0 Å². The highest BCUT2D eigenvalue weighted by Gasteiger charge is 2.18. The van der Waals surface area contributed by atoms with Gasteiger partial charge in [-0.3, -0.25) is 35.1 Å². The number of nitro groups is 1. The van der Waals surface area contributed by atoms with Crippen molar-refractivity contribution in [3.63, 3.8) is 0 Å². The molecule has 0 aliphatic carbocycles. The van der Waals surface area contributed by atoms with Gasteiger partial charge in [-0.05, 0) is 36.4 Å². The van der Waals surface area contributed by atoms with Crippen LogP contribution in [0.25, 0.3) is 5.69 Å². The Morgan fingerprint density at radius 3 is 2.45 bits per heavy atom. The van der Waals surface area contributed by atoms with Crippen molar-refractivity contribution in [3.8, 4) is 5.69 Å². The van der Waals surface area contributed by atoms with Crippen LogP contribution in [0.5, 0.6) is 0 Å². The molecular weight excluding hydrogens is 383 g/mol. The van der Waals surface area contributed by atoms with Gasteiger partial charge in [0.15, 0.2) is 0 Å². The van der Waals surface area contributed by atoms with Crippen LogP contribution in [0, 0.1) is 15.9 Å². The molecule has 0 spiro atoms. The van der Waals surface area contributed by atoms with Gasteiger partial charge in [-0.15, -0.1) is 0 Å². The number of benzene rings is 2. The summed E-state index contributed by atoms with van der Waals surface area (Å²) >= 11 is 0. The molecule has 0 aliphatic rings. The van der Waals surface area contributed by atoms with Crippen LogP contribution in [0.1, 0.15) is 20.8 Å². The Kier molecular flexibility index (Phi) is 5.49. The number of carbonyl (C=O) groups is 2. The third-order valence-electron chi connectivity index (χ3n) is 3.99. The summed E-state index contributed by atoms with van der Waals surface area (Å²) in [5, 5.41) is 13.8. The number of imidazole rings is 1. The zero-order valence-electron chi connectivity index (χ0n) is 15.0. The molecule has 1 aromatic heterocycles. The molecule has 0 fully saturated rings. The molecule has 11 heteroatoms. The summed E-state index contributed by atoms with van der Waals surface area (Å²) in [7, 11) is 1.52. The number of nitro benzene ring substituents is 1. The Morgan fingerprint density at radius 2 is 1.79 bits per heavy atom. The zero-order chi connectivity index (χ0) is 21.0. The fraction of sp³-hybridized carbons (Fsp3) is 0.0556. The molecular formula is C18H15FN6O4. The topological polar surface area (TPSA) is 131 Å². The van der Waals surface area contributed by atoms with E-state index < -0.39 is 22.6 Å². The number of hydrazine groups is 1. The summed E-state index contributed by atoms with van der Waals surface area (Å²) in [5.74, 6) is -1.84. The van der Waals surface area contributed by atoms with Gasteiger partial charge in [0.05, 0.1) is 17.4 Å². The van der Waals surface area contributed by atoms with Crippen LogP contribution >= 0.6 is 0 Å². The third kappa shape index (κ3) is 4.18. The standard InChI is InChI=1S/C18H15FN6O4/c1-20-14-7-2-11(8-15(14)25(28)29)17(26)22-23-18(27)16-9-21-10-24(16)13-5-3-12(19)4-6-13/h2-10,20H,1H3,(H,22,26)(H,23,27). The van der Waals surface area contributed by atoms with E-state index in [-0.39, 0.29) is 22.6 Å². The molecule has 3 rings (SSSR count). The average molecular weight is 398 g/mol. The molecule has 1 heterocycles. The first-order valence-electron chi connectivity index (χ1n) is 8.26. The molecule has 0 aliphatic heterocycles. The summed E-state index contributed by atoms with van der Waals surface area (Å²) in [6.07, 6.45) is 2.64. The summed E-state index contributed by atoms with van der Waals surface area (Å²) in [4.78, 5) is 39.0. The van der Waals surface area contributed by atoms with E-state index >= 15 is 0 Å². The Bertz CT molecular complexity index is 1080. The van der Waals surface area contributed by atoms with Crippen LogP contribution in [0.3, 0.4) is 0 Å². The van der Waals surface area contributed by atoms with E-state index in [1.165, 1.54) is 60.5 Å². The van der Waals surface area contributed by atoms with Crippen molar-refractivity contribution >= 4 is 23.2 Å². The van der Waals surface area contributed by atoms with Crippen molar-refractivity contribution in [1.82, 2.24) is 20.4 Å². The molecule has 10 nitrogen and oxygen atoms in total. The third-order valence-corrected chi connectivity index (χ3v) is 3.99. The molecule has 0 bridgehead atoms. The molecule has 3 aromatic rings. The highest BCUT2D eigenvalue weighted by Crippen LogP contribution is 2.24. The number of aromatic nitrogens is 2. The molecule has 0 radical (unpaired) electrons. The van der Waals surface area contributed by atoms with Crippen LogP contribution < -0.4 is 16.2 Å². The van der Waals surface area contributed by atoms with Gasteiger partial charge >= 0.3 is 0 Å². The normalized spacial score (nSPS) is 10.3. The van der Waals surface area contributed by atoms with Crippen molar-refractivity contribution in [2.45, 2.75) is 0 Å². The van der Waals surface area contributed by atoms with Crippen LogP contribution in [0.4, 0.5) is 15.8 Å². The van der Waals surface area contributed by atoms with Crippen LogP contribution in [0.2, 0.25) is 0 Å². The average Bonchev–Trinajstić information content (AvgIpc) is 3.21. The highest BCUT2D eigenvalue weighted by atomic mass is 19.1. The van der Waals surface area contributed by atoms with Gasteiger partial charge in [0.2, 0.25) is 0 Å². The molecule has 0 saturated carbocycles. The number of amides is 2. The van der Waals surface area contributed by atoms with E-state index in [1.54, 1.807) is 0 Å². The Morgan fingerprint density at radius 1 is 1.10 bits per heavy atom. The first kappa shape index (κ1) is 19.5. The van der Waals surface area contributed by atoms with Gasteiger partial charge in [0.1, 0.15) is 17.2 Å². The lowest BCUT2D eigenvalue weighted by Crippen LogP contribution is -2.42. The van der Waals surface area contributed by atoms with Gasteiger partial charge < -0.3 is 5.32 Å². The number of hydrogen-bond acceptors (Lipinski definition) is 6. The number of anilines is 1. The number of halogens is 1. The lowest BCUT2D eigenvalue weighted by atomic mass is 10.1. The lowest BCUT2D eigenvalue weighted by Gasteiger charge is -2.10. The maximum atomic E-state index is 13.1. The molecule has 0 unspecified atom stereocenters. The minimum absolute atomic E-state index is 0.0111. The number of rotatable bonds is 5. The smallest absolute Gasteiger partial charge is 0.293 e. The van der Waals surface area contributed by atoms with E-state index in [0.717, 1.165) is 6.07 Å². The van der Waals surface area contributed by atoms with E-state index in [9.17, 15) is 24.1 Å². The zero-order valence-corrected chi connectivity index (χ0v) is 15.0. The SMILES string of the molecule is CNc1ccc(C(=O)NNC(=O)c2cncn2-c2ccc(F)cc2)cc1[N+](=O)[O-]. The molecule has 2 amide bonds. The second-order valence-electron chi connectivity index (χ2n) is 5.77. The van der Waals surface area contributed by atoms with Crippen molar-refractivity contribution in [2.75, 3.05) is 12.4 Å². The minimum Gasteiger partial charge on any atom is -0.383 e. The molecule has 2 aromatic carbocycles.